The first-order valence-corrected chi connectivity index (χ1v) is 0. The molecule has 0 aliphatic rings. The molecule has 0 fully saturated rings. The van der Waals surface area contributed by atoms with E-state index in [0.717, 1.165) is 0 Å². The molecule has 4 heavy (non-hydrogen) atoms. The average molecular weight is 170 g/mol. The van der Waals surface area contributed by atoms with Gasteiger partial charge in [0.2, 0.25) is 0 Å². The Morgan fingerprint density at radius 2 is 1.00 bits per heavy atom. The Morgan fingerprint density at radius 1 is 1.00 bits per heavy atom. The van der Waals surface area contributed by atoms with Gasteiger partial charge in [0.05, 0.1) is 0 Å². The summed E-state index contributed by atoms with van der Waals surface area (Å²) in [7, 11) is 0. The van der Waals surface area contributed by atoms with Crippen LogP contribution in [0.4, 0.5) is 0 Å². The summed E-state index contributed by atoms with van der Waals surface area (Å²) in [4.78, 5) is 0. The first-order chi connectivity index (χ1) is 0. The van der Waals surface area contributed by atoms with Crippen molar-refractivity contribution in [3.05, 3.63) is 0 Å². The zero-order valence-electron chi connectivity index (χ0n) is 2.14. The monoisotopic (exact) mass is 170 g/mol. The maximum Gasteiger partial charge on any atom is 0 e. The van der Waals surface area contributed by atoms with Crippen molar-refractivity contribution in [3.8, 4) is 0 Å². The fourth-order valence-corrected chi connectivity index (χ4v) is 0. The van der Waals surface area contributed by atoms with Gasteiger partial charge in [-0.05, 0) is 0 Å². The Kier molecular flexibility index (Phi) is 120. The van der Waals surface area contributed by atoms with Gasteiger partial charge >= 0.3 is 0 Å². The van der Waals surface area contributed by atoms with Crippen LogP contribution in [-0.4, -0.2) is 55.1 Å². The third-order valence-corrected chi connectivity index (χ3v) is 0. The molecule has 6 radical (unpaired) electrons. The minimum atomic E-state index is 0. The normalized spacial score (nSPS) is 0. The molecule has 4 heteroatoms. The van der Waals surface area contributed by atoms with E-state index in [1.165, 1.54) is 0 Å². The van der Waals surface area contributed by atoms with Gasteiger partial charge in [-0.25, -0.2) is 0 Å². The SMILES string of the molecule is [Al].[Ca].[Cr].[V]. The largest absolute Gasteiger partial charge is 0 e. The Balaban J connectivity index is 0. The van der Waals surface area contributed by atoms with Crippen molar-refractivity contribution in [2.45, 2.75) is 0 Å². The molecule has 0 saturated heterocycles. The fourth-order valence-electron chi connectivity index (χ4n) is 0. The topological polar surface area (TPSA) is 0 Å². The van der Waals surface area contributed by atoms with Crippen molar-refractivity contribution in [1.29, 1.82) is 0 Å². The second-order valence-electron chi connectivity index (χ2n) is 0. The average Bonchev–Trinajstić information content (AvgIpc) is 0. The van der Waals surface area contributed by atoms with Gasteiger partial charge in [-0.3, -0.25) is 0 Å². The Morgan fingerprint density at radius 3 is 1.00 bits per heavy atom. The van der Waals surface area contributed by atoms with Crippen LogP contribution in [0.1, 0.15) is 0 Å². The van der Waals surface area contributed by atoms with Crippen LogP contribution < -0.4 is 0 Å². The minimum absolute atomic E-state index is 0. The molecule has 0 saturated carbocycles. The van der Waals surface area contributed by atoms with Crippen molar-refractivity contribution in [3.63, 3.8) is 0 Å². The summed E-state index contributed by atoms with van der Waals surface area (Å²) in [5, 5.41) is 0. The summed E-state index contributed by atoms with van der Waals surface area (Å²) in [6, 6.07) is 0. The molecule has 0 bridgehead atoms. The number of rotatable bonds is 0. The molecule has 0 aliphatic carbocycles. The Labute approximate surface area is 89.2 Å². The van der Waals surface area contributed by atoms with Gasteiger partial charge in [-0.15, -0.1) is 0 Å². The van der Waals surface area contributed by atoms with E-state index in [1.807, 2.05) is 0 Å². The molecular formula is AlCaCrV. The van der Waals surface area contributed by atoms with E-state index in [2.05, 4.69) is 0 Å². The molecule has 0 rings (SSSR count). The van der Waals surface area contributed by atoms with Gasteiger partial charge in [-0.1, -0.05) is 0 Å². The number of hydrogen-bond donors (Lipinski definition) is 0. The van der Waals surface area contributed by atoms with Crippen LogP contribution in [0.3, 0.4) is 0 Å². The first kappa shape index (κ1) is 28.5. The van der Waals surface area contributed by atoms with Gasteiger partial charge in [-0.2, -0.15) is 0 Å². The van der Waals surface area contributed by atoms with E-state index in [4.69, 9.17) is 0 Å². The van der Waals surface area contributed by atoms with Crippen LogP contribution in [0.25, 0.3) is 0 Å². The molecule has 0 unspecified atom stereocenters. The molecule has 0 nitrogen and oxygen atoms in total. The molecule has 0 aliphatic heterocycles. The predicted octanol–water partition coefficient (Wildman–Crippen LogP) is -0.767. The second-order valence-corrected chi connectivity index (χ2v) is 0. The van der Waals surface area contributed by atoms with Gasteiger partial charge in [0, 0.05) is 91.0 Å². The van der Waals surface area contributed by atoms with E-state index < -0.39 is 0 Å². The third kappa shape index (κ3) is 8.86. The molecule has 0 spiro atoms. The van der Waals surface area contributed by atoms with Gasteiger partial charge < -0.3 is 0 Å². The van der Waals surface area contributed by atoms with Crippen molar-refractivity contribution in [2.75, 3.05) is 0 Å². The quantitative estimate of drug-likeness (QED) is 0.419. The molecule has 0 amide bonds. The molecule has 0 aromatic heterocycles. The molecule has 0 N–H and O–H groups in total. The van der Waals surface area contributed by atoms with Gasteiger partial charge in [0.25, 0.3) is 0 Å². The Hall–Kier alpha value is 2.91. The summed E-state index contributed by atoms with van der Waals surface area (Å²) in [6.07, 6.45) is 0. The molecule has 0 heterocycles. The zero-order chi connectivity index (χ0) is 0. The second kappa shape index (κ2) is 16.8. The van der Waals surface area contributed by atoms with Crippen LogP contribution in [0, 0.1) is 0 Å². The molecular weight excluding hydrogens is 170 g/mol. The van der Waals surface area contributed by atoms with Crippen LogP contribution in [-0.2, 0) is 35.9 Å². The molecule has 0 aromatic carbocycles. The molecule has 16 valence electrons. The van der Waals surface area contributed by atoms with Crippen LogP contribution in [0.2, 0.25) is 0 Å². The summed E-state index contributed by atoms with van der Waals surface area (Å²) in [6.45, 7) is 0. The summed E-state index contributed by atoms with van der Waals surface area (Å²) >= 11 is 0. The zero-order valence-corrected chi connectivity index (χ0v) is 8.17. The van der Waals surface area contributed by atoms with Crippen LogP contribution in [0.15, 0.2) is 0 Å². The van der Waals surface area contributed by atoms with E-state index >= 15 is 0 Å². The maximum absolute atomic E-state index is 0. The summed E-state index contributed by atoms with van der Waals surface area (Å²) in [5.74, 6) is 0. The van der Waals surface area contributed by atoms with E-state index in [-0.39, 0.29) is 91.0 Å². The summed E-state index contributed by atoms with van der Waals surface area (Å²) < 4.78 is 0. The van der Waals surface area contributed by atoms with Crippen molar-refractivity contribution in [2.24, 2.45) is 0 Å². The van der Waals surface area contributed by atoms with Crippen LogP contribution >= 0.6 is 0 Å². The van der Waals surface area contributed by atoms with Crippen molar-refractivity contribution >= 4 is 55.1 Å². The first-order valence-electron chi connectivity index (χ1n) is 0. The number of hydrogen-bond acceptors (Lipinski definition) is 0. The standard InChI is InChI=1S/Al.Ca.Cr.V. The van der Waals surface area contributed by atoms with Crippen molar-refractivity contribution < 1.29 is 35.9 Å². The predicted molar refractivity (Wildman–Crippen MR) is 11.5 cm³/mol. The molecule has 0 aromatic rings. The summed E-state index contributed by atoms with van der Waals surface area (Å²) in [5.41, 5.74) is 0. The van der Waals surface area contributed by atoms with Gasteiger partial charge in [0.1, 0.15) is 0 Å². The van der Waals surface area contributed by atoms with Crippen molar-refractivity contribution in [1.82, 2.24) is 0 Å². The smallest absolute Gasteiger partial charge is 0 e. The third-order valence-electron chi connectivity index (χ3n) is 0. The minimum Gasteiger partial charge on any atom is 0 e. The van der Waals surface area contributed by atoms with E-state index in [1.54, 1.807) is 0 Å². The van der Waals surface area contributed by atoms with E-state index in [0.29, 0.717) is 0 Å². The van der Waals surface area contributed by atoms with E-state index in [9.17, 15) is 0 Å². The fraction of sp³-hybridized carbons (Fsp3) is 0. The Bertz CT molecular complexity index is 8.00. The molecule has 0 atom stereocenters. The maximum atomic E-state index is 0. The van der Waals surface area contributed by atoms with Gasteiger partial charge in [0.15, 0.2) is 0 Å². The van der Waals surface area contributed by atoms with Crippen LogP contribution in [0.5, 0.6) is 0 Å².